The van der Waals surface area contributed by atoms with Crippen LogP contribution < -0.4 is 16.4 Å². The molecule has 0 radical (unpaired) electrons. The van der Waals surface area contributed by atoms with Gasteiger partial charge in [0.1, 0.15) is 18.0 Å². The number of aromatic nitrogens is 2. The molecule has 1 atom stereocenters. The number of nitrogens with two attached hydrogens (primary N) is 1. The smallest absolute Gasteiger partial charge is 0.131 e. The van der Waals surface area contributed by atoms with E-state index >= 15 is 0 Å². The van der Waals surface area contributed by atoms with Gasteiger partial charge < -0.3 is 16.4 Å². The molecule has 2 rings (SSSR count). The molecule has 1 fully saturated rings. The molecule has 5 nitrogen and oxygen atoms in total. The maximum atomic E-state index is 5.55. The van der Waals surface area contributed by atoms with Crippen LogP contribution >= 0.6 is 0 Å². The molecule has 0 bridgehead atoms. The van der Waals surface area contributed by atoms with Gasteiger partial charge in [0.25, 0.3) is 0 Å². The first kappa shape index (κ1) is 11.1. The summed E-state index contributed by atoms with van der Waals surface area (Å²) in [5.74, 6) is 1.72. The van der Waals surface area contributed by atoms with Gasteiger partial charge in [0.05, 0.1) is 0 Å². The Morgan fingerprint density at radius 1 is 1.44 bits per heavy atom. The first-order chi connectivity index (χ1) is 7.78. The number of nitrogens with zero attached hydrogens (tertiary/aromatic N) is 2. The van der Waals surface area contributed by atoms with Gasteiger partial charge in [0.2, 0.25) is 0 Å². The average Bonchev–Trinajstić information content (AvgIpc) is 2.24. The van der Waals surface area contributed by atoms with E-state index in [4.69, 9.17) is 5.73 Å². The molecular formula is C11H19N5. The molecule has 1 aromatic heterocycles. The van der Waals surface area contributed by atoms with Gasteiger partial charge in [0.15, 0.2) is 0 Å². The molecule has 16 heavy (non-hydrogen) atoms. The molecule has 0 aromatic carbocycles. The highest BCUT2D eigenvalue weighted by molar-refractivity contribution is 5.47. The molecular weight excluding hydrogens is 202 g/mol. The summed E-state index contributed by atoms with van der Waals surface area (Å²) in [6, 6.07) is 2.76. The van der Waals surface area contributed by atoms with E-state index in [-0.39, 0.29) is 6.04 Å². The van der Waals surface area contributed by atoms with E-state index in [2.05, 4.69) is 20.6 Å². The molecule has 5 heteroatoms. The molecule has 0 aliphatic heterocycles. The maximum Gasteiger partial charge on any atom is 0.131 e. The van der Waals surface area contributed by atoms with Crippen molar-refractivity contribution in [1.82, 2.24) is 9.97 Å². The van der Waals surface area contributed by atoms with Crippen molar-refractivity contribution in [3.63, 3.8) is 0 Å². The highest BCUT2D eigenvalue weighted by Gasteiger charge is 2.17. The predicted octanol–water partition coefficient (Wildman–Crippen LogP) is 1.20. The molecule has 1 heterocycles. The fourth-order valence-corrected chi connectivity index (χ4v) is 1.59. The summed E-state index contributed by atoms with van der Waals surface area (Å²) in [7, 11) is 0. The Labute approximate surface area is 95.9 Å². The van der Waals surface area contributed by atoms with E-state index in [0.29, 0.717) is 12.6 Å². The standard InChI is InChI=1S/C11H19N5/c1-8(6-12)15-10-5-11(14-7-13-10)16-9-3-2-4-9/h5,7-9H,2-4,6,12H2,1H3,(H2,13,14,15,16). The number of anilines is 2. The fourth-order valence-electron chi connectivity index (χ4n) is 1.59. The number of nitrogens with one attached hydrogen (secondary N) is 2. The molecule has 4 N–H and O–H groups in total. The van der Waals surface area contributed by atoms with Crippen molar-refractivity contribution in [2.75, 3.05) is 17.2 Å². The first-order valence-corrected chi connectivity index (χ1v) is 5.83. The topological polar surface area (TPSA) is 75.9 Å². The highest BCUT2D eigenvalue weighted by Crippen LogP contribution is 2.22. The Bertz CT molecular complexity index is 315. The Morgan fingerprint density at radius 3 is 2.81 bits per heavy atom. The molecule has 1 aliphatic rings. The van der Waals surface area contributed by atoms with Crippen molar-refractivity contribution in [3.05, 3.63) is 12.4 Å². The Kier molecular flexibility index (Phi) is 3.56. The van der Waals surface area contributed by atoms with Crippen molar-refractivity contribution >= 4 is 11.6 Å². The number of hydrogen-bond donors (Lipinski definition) is 3. The van der Waals surface area contributed by atoms with Gasteiger partial charge >= 0.3 is 0 Å². The van der Waals surface area contributed by atoms with Crippen LogP contribution in [0.2, 0.25) is 0 Å². The van der Waals surface area contributed by atoms with Crippen LogP contribution in [0.1, 0.15) is 26.2 Å². The lowest BCUT2D eigenvalue weighted by Gasteiger charge is -2.27. The van der Waals surface area contributed by atoms with E-state index in [9.17, 15) is 0 Å². The molecule has 88 valence electrons. The zero-order chi connectivity index (χ0) is 11.4. The monoisotopic (exact) mass is 221 g/mol. The van der Waals surface area contributed by atoms with Gasteiger partial charge in [-0.15, -0.1) is 0 Å². The van der Waals surface area contributed by atoms with Crippen molar-refractivity contribution < 1.29 is 0 Å². The second-order valence-corrected chi connectivity index (χ2v) is 4.34. The predicted molar refractivity (Wildman–Crippen MR) is 65.4 cm³/mol. The molecule has 1 aliphatic carbocycles. The van der Waals surface area contributed by atoms with Gasteiger partial charge in [0, 0.05) is 24.7 Å². The first-order valence-electron chi connectivity index (χ1n) is 5.83. The molecule has 1 saturated carbocycles. The van der Waals surface area contributed by atoms with Crippen LogP contribution in [-0.4, -0.2) is 28.6 Å². The lowest BCUT2D eigenvalue weighted by atomic mass is 9.93. The Balaban J connectivity index is 1.95. The van der Waals surface area contributed by atoms with Gasteiger partial charge in [-0.2, -0.15) is 0 Å². The zero-order valence-corrected chi connectivity index (χ0v) is 9.61. The third kappa shape index (κ3) is 2.82. The van der Waals surface area contributed by atoms with Crippen molar-refractivity contribution in [3.8, 4) is 0 Å². The molecule has 0 amide bonds. The van der Waals surface area contributed by atoms with Crippen LogP contribution in [0.4, 0.5) is 11.6 Å². The summed E-state index contributed by atoms with van der Waals surface area (Å²) in [4.78, 5) is 8.36. The minimum atomic E-state index is 0.228. The lowest BCUT2D eigenvalue weighted by Crippen LogP contribution is -2.28. The van der Waals surface area contributed by atoms with E-state index in [0.717, 1.165) is 11.6 Å². The van der Waals surface area contributed by atoms with Gasteiger partial charge in [-0.3, -0.25) is 0 Å². The van der Waals surface area contributed by atoms with E-state index in [1.54, 1.807) is 6.33 Å². The Hall–Kier alpha value is -1.36. The van der Waals surface area contributed by atoms with Crippen LogP contribution in [0.3, 0.4) is 0 Å². The third-order valence-electron chi connectivity index (χ3n) is 2.87. The van der Waals surface area contributed by atoms with Crippen LogP contribution in [0, 0.1) is 0 Å². The second-order valence-electron chi connectivity index (χ2n) is 4.34. The SMILES string of the molecule is CC(CN)Nc1cc(NC2CCC2)ncn1. The second kappa shape index (κ2) is 5.12. The minimum absolute atomic E-state index is 0.228. The third-order valence-corrected chi connectivity index (χ3v) is 2.87. The molecule has 1 aromatic rings. The fraction of sp³-hybridized carbons (Fsp3) is 0.636. The summed E-state index contributed by atoms with van der Waals surface area (Å²) in [5, 5.41) is 6.61. The Morgan fingerprint density at radius 2 is 2.19 bits per heavy atom. The zero-order valence-electron chi connectivity index (χ0n) is 9.61. The maximum absolute atomic E-state index is 5.55. The summed E-state index contributed by atoms with van der Waals surface area (Å²) < 4.78 is 0. The number of rotatable bonds is 5. The highest BCUT2D eigenvalue weighted by atomic mass is 15.1. The summed E-state index contributed by atoms with van der Waals surface area (Å²) in [6.07, 6.45) is 5.38. The van der Waals surface area contributed by atoms with Crippen LogP contribution in [-0.2, 0) is 0 Å². The van der Waals surface area contributed by atoms with Gasteiger partial charge in [-0.05, 0) is 26.2 Å². The lowest BCUT2D eigenvalue weighted by molar-refractivity contribution is 0.444. The van der Waals surface area contributed by atoms with Crippen LogP contribution in [0.5, 0.6) is 0 Å². The minimum Gasteiger partial charge on any atom is -0.367 e. The van der Waals surface area contributed by atoms with E-state index < -0.39 is 0 Å². The van der Waals surface area contributed by atoms with Gasteiger partial charge in [-0.25, -0.2) is 9.97 Å². The summed E-state index contributed by atoms with van der Waals surface area (Å²) in [6.45, 7) is 2.62. The normalized spacial score (nSPS) is 17.6. The van der Waals surface area contributed by atoms with Crippen LogP contribution in [0.25, 0.3) is 0 Å². The van der Waals surface area contributed by atoms with Crippen molar-refractivity contribution in [2.24, 2.45) is 5.73 Å². The largest absolute Gasteiger partial charge is 0.367 e. The van der Waals surface area contributed by atoms with Crippen molar-refractivity contribution in [1.29, 1.82) is 0 Å². The molecule has 1 unspecified atom stereocenters. The summed E-state index contributed by atoms with van der Waals surface area (Å²) >= 11 is 0. The van der Waals surface area contributed by atoms with E-state index in [1.165, 1.54) is 19.3 Å². The van der Waals surface area contributed by atoms with Crippen LogP contribution in [0.15, 0.2) is 12.4 Å². The van der Waals surface area contributed by atoms with E-state index in [1.807, 2.05) is 13.0 Å². The summed E-state index contributed by atoms with van der Waals surface area (Å²) in [5.41, 5.74) is 5.55. The molecule has 0 saturated heterocycles. The quantitative estimate of drug-likeness (QED) is 0.696. The van der Waals surface area contributed by atoms with Gasteiger partial charge in [-0.1, -0.05) is 0 Å². The average molecular weight is 221 g/mol. The number of hydrogen-bond acceptors (Lipinski definition) is 5. The molecule has 0 spiro atoms. The van der Waals surface area contributed by atoms with Crippen molar-refractivity contribution in [2.45, 2.75) is 38.3 Å².